The molecule has 1 amide bonds. The van der Waals surface area contributed by atoms with Crippen LogP contribution in [0.1, 0.15) is 20.8 Å². The number of hydrogen-bond acceptors (Lipinski definition) is 1. The third-order valence-electron chi connectivity index (χ3n) is 3.57. The van der Waals surface area contributed by atoms with E-state index in [1.807, 2.05) is 63.2 Å². The molecule has 2 aromatic carbocycles. The lowest BCUT2D eigenvalue weighted by atomic mass is 9.96. The first-order valence-electron chi connectivity index (χ1n) is 6.41. The van der Waals surface area contributed by atoms with Crippen LogP contribution < -0.4 is 5.32 Å². The molecule has 0 saturated carbocycles. The van der Waals surface area contributed by atoms with Gasteiger partial charge in [0.05, 0.1) is 0 Å². The number of fused-ring (bicyclic) bond motifs is 1. The van der Waals surface area contributed by atoms with Gasteiger partial charge in [-0.05, 0) is 24.3 Å². The van der Waals surface area contributed by atoms with Gasteiger partial charge in [-0.15, -0.1) is 0 Å². The number of halogens is 1. The Hall–Kier alpha value is -1.35. The minimum Gasteiger partial charge on any atom is -0.324 e. The van der Waals surface area contributed by atoms with Gasteiger partial charge in [-0.25, -0.2) is 0 Å². The van der Waals surface area contributed by atoms with Gasteiger partial charge < -0.3 is 5.32 Å². The zero-order valence-corrected chi connectivity index (χ0v) is 13.0. The van der Waals surface area contributed by atoms with E-state index in [0.717, 1.165) is 16.5 Å². The van der Waals surface area contributed by atoms with Crippen LogP contribution in [0.3, 0.4) is 0 Å². The van der Waals surface area contributed by atoms with E-state index >= 15 is 0 Å². The molecule has 3 heteroatoms. The summed E-state index contributed by atoms with van der Waals surface area (Å²) >= 11 is 3.52. The molecule has 1 unspecified atom stereocenters. The monoisotopic (exact) mass is 319 g/mol. The molecule has 19 heavy (non-hydrogen) atoms. The number of carbonyl (C=O) groups is 1. The van der Waals surface area contributed by atoms with Gasteiger partial charge in [0.1, 0.15) is 4.32 Å². The quantitative estimate of drug-likeness (QED) is 0.824. The van der Waals surface area contributed by atoms with Crippen LogP contribution in [0.4, 0.5) is 5.69 Å². The molecule has 0 bridgehead atoms. The molecular weight excluding hydrogens is 302 g/mol. The molecule has 2 rings (SSSR count). The van der Waals surface area contributed by atoms with Crippen molar-refractivity contribution in [2.45, 2.75) is 25.1 Å². The maximum Gasteiger partial charge on any atom is 0.241 e. The van der Waals surface area contributed by atoms with Crippen LogP contribution in [0.25, 0.3) is 10.8 Å². The van der Waals surface area contributed by atoms with Gasteiger partial charge in [0.2, 0.25) is 5.91 Å². The summed E-state index contributed by atoms with van der Waals surface area (Å²) in [4.78, 5) is 12.4. The molecule has 0 spiro atoms. The van der Waals surface area contributed by atoms with Crippen molar-refractivity contribution in [2.75, 3.05) is 5.32 Å². The Morgan fingerprint density at radius 3 is 2.47 bits per heavy atom. The smallest absolute Gasteiger partial charge is 0.241 e. The number of benzene rings is 2. The highest BCUT2D eigenvalue weighted by atomic mass is 79.9. The largest absolute Gasteiger partial charge is 0.324 e. The highest BCUT2D eigenvalue weighted by Gasteiger charge is 2.33. The van der Waals surface area contributed by atoms with Crippen LogP contribution in [0.2, 0.25) is 0 Å². The summed E-state index contributed by atoms with van der Waals surface area (Å²) in [5, 5.41) is 5.21. The van der Waals surface area contributed by atoms with E-state index < -0.39 is 4.32 Å². The summed E-state index contributed by atoms with van der Waals surface area (Å²) in [6, 6.07) is 14.0. The molecule has 0 fully saturated rings. The molecule has 1 atom stereocenters. The minimum atomic E-state index is -0.566. The van der Waals surface area contributed by atoms with Crippen molar-refractivity contribution < 1.29 is 4.79 Å². The molecule has 100 valence electrons. The zero-order valence-electron chi connectivity index (χ0n) is 11.4. The van der Waals surface area contributed by atoms with Gasteiger partial charge >= 0.3 is 0 Å². The fraction of sp³-hybridized carbons (Fsp3) is 0.312. The fourth-order valence-corrected chi connectivity index (χ4v) is 1.94. The molecule has 0 aliphatic rings. The summed E-state index contributed by atoms with van der Waals surface area (Å²) in [6.45, 7) is 5.95. The third kappa shape index (κ3) is 2.81. The Bertz CT molecular complexity index is 599. The van der Waals surface area contributed by atoms with E-state index in [2.05, 4.69) is 21.2 Å². The third-order valence-corrected chi connectivity index (χ3v) is 4.84. The predicted octanol–water partition coefficient (Wildman–Crippen LogP) is 4.59. The van der Waals surface area contributed by atoms with Gasteiger partial charge in [-0.3, -0.25) is 4.79 Å². The van der Waals surface area contributed by atoms with E-state index in [0.29, 0.717) is 0 Å². The van der Waals surface area contributed by atoms with Crippen molar-refractivity contribution >= 4 is 38.3 Å². The molecule has 2 aromatic rings. The standard InChI is InChI=1S/C16H18BrNO/c1-11(2)16(3,17)15(19)18-14-10-6-8-12-7-4-5-9-13(12)14/h4-11H,1-3H3,(H,18,19). The Balaban J connectivity index is 2.35. The highest BCUT2D eigenvalue weighted by Crippen LogP contribution is 2.30. The molecule has 0 radical (unpaired) electrons. The zero-order chi connectivity index (χ0) is 14.0. The summed E-state index contributed by atoms with van der Waals surface area (Å²) in [5.74, 6) is 0.196. The van der Waals surface area contributed by atoms with Gasteiger partial charge in [-0.2, -0.15) is 0 Å². The SMILES string of the molecule is CC(C)C(C)(Br)C(=O)Nc1cccc2ccccc12. The Morgan fingerprint density at radius 1 is 1.16 bits per heavy atom. The molecule has 0 aromatic heterocycles. The normalized spacial score (nSPS) is 14.4. The molecule has 0 aliphatic heterocycles. The average molecular weight is 320 g/mol. The van der Waals surface area contributed by atoms with Gasteiger partial charge in [0, 0.05) is 11.1 Å². The topological polar surface area (TPSA) is 29.1 Å². The van der Waals surface area contributed by atoms with E-state index in [1.165, 1.54) is 0 Å². The molecular formula is C16H18BrNO. The molecule has 2 nitrogen and oxygen atoms in total. The first-order chi connectivity index (χ1) is 8.93. The van der Waals surface area contributed by atoms with Crippen LogP contribution in [0.5, 0.6) is 0 Å². The van der Waals surface area contributed by atoms with Gasteiger partial charge in [0.15, 0.2) is 0 Å². The number of amides is 1. The van der Waals surface area contributed by atoms with Crippen LogP contribution in [0, 0.1) is 5.92 Å². The molecule has 0 saturated heterocycles. The summed E-state index contributed by atoms with van der Waals surface area (Å²) in [5.41, 5.74) is 0.856. The Kier molecular flexibility index (Phi) is 3.95. The van der Waals surface area contributed by atoms with E-state index in [4.69, 9.17) is 0 Å². The lowest BCUT2D eigenvalue weighted by Crippen LogP contribution is -2.38. The maximum absolute atomic E-state index is 12.4. The van der Waals surface area contributed by atoms with Crippen molar-refractivity contribution in [3.8, 4) is 0 Å². The maximum atomic E-state index is 12.4. The van der Waals surface area contributed by atoms with Gasteiger partial charge in [-0.1, -0.05) is 66.2 Å². The second-order valence-corrected chi connectivity index (χ2v) is 6.86. The van der Waals surface area contributed by atoms with Crippen molar-refractivity contribution in [3.63, 3.8) is 0 Å². The summed E-state index contributed by atoms with van der Waals surface area (Å²) in [6.07, 6.45) is 0. The highest BCUT2D eigenvalue weighted by molar-refractivity contribution is 9.10. The van der Waals surface area contributed by atoms with Crippen molar-refractivity contribution in [2.24, 2.45) is 5.92 Å². The second-order valence-electron chi connectivity index (χ2n) is 5.21. The molecule has 1 N–H and O–H groups in total. The van der Waals surface area contributed by atoms with Crippen LogP contribution in [-0.4, -0.2) is 10.2 Å². The van der Waals surface area contributed by atoms with Crippen LogP contribution in [0.15, 0.2) is 42.5 Å². The molecule has 0 aliphatic carbocycles. The van der Waals surface area contributed by atoms with Crippen molar-refractivity contribution in [3.05, 3.63) is 42.5 Å². The first-order valence-corrected chi connectivity index (χ1v) is 7.20. The van der Waals surface area contributed by atoms with Crippen LogP contribution in [-0.2, 0) is 4.79 Å². The number of rotatable bonds is 3. The fourth-order valence-electron chi connectivity index (χ4n) is 1.84. The van der Waals surface area contributed by atoms with E-state index in [9.17, 15) is 4.79 Å². The lowest BCUT2D eigenvalue weighted by molar-refractivity contribution is -0.118. The number of carbonyl (C=O) groups excluding carboxylic acids is 1. The Labute approximate surface area is 122 Å². The predicted molar refractivity (Wildman–Crippen MR) is 84.7 cm³/mol. The number of anilines is 1. The van der Waals surface area contributed by atoms with E-state index in [1.54, 1.807) is 0 Å². The summed E-state index contributed by atoms with van der Waals surface area (Å²) < 4.78 is -0.566. The van der Waals surface area contributed by atoms with E-state index in [-0.39, 0.29) is 11.8 Å². The second kappa shape index (κ2) is 5.33. The molecule has 0 heterocycles. The van der Waals surface area contributed by atoms with Crippen molar-refractivity contribution in [1.29, 1.82) is 0 Å². The summed E-state index contributed by atoms with van der Waals surface area (Å²) in [7, 11) is 0. The number of alkyl halides is 1. The first kappa shape index (κ1) is 14.1. The number of nitrogens with one attached hydrogen (secondary N) is 1. The lowest BCUT2D eigenvalue weighted by Gasteiger charge is -2.26. The Morgan fingerprint density at radius 2 is 1.79 bits per heavy atom. The minimum absolute atomic E-state index is 0.0150. The van der Waals surface area contributed by atoms with Gasteiger partial charge in [0.25, 0.3) is 0 Å². The average Bonchev–Trinajstić information content (AvgIpc) is 2.39. The van der Waals surface area contributed by atoms with Crippen LogP contribution >= 0.6 is 15.9 Å². The number of hydrogen-bond donors (Lipinski definition) is 1. The van der Waals surface area contributed by atoms with Crippen molar-refractivity contribution in [1.82, 2.24) is 0 Å².